The van der Waals surface area contributed by atoms with Gasteiger partial charge in [0.05, 0.1) is 12.2 Å². The van der Waals surface area contributed by atoms with Gasteiger partial charge in [-0.3, -0.25) is 9.59 Å². The van der Waals surface area contributed by atoms with Crippen molar-refractivity contribution in [3.05, 3.63) is 42.2 Å². The van der Waals surface area contributed by atoms with E-state index in [-0.39, 0.29) is 17.9 Å². The molecular weight excluding hydrogens is 436 g/mol. The zero-order valence-electron chi connectivity index (χ0n) is 19.5. The monoisotopic (exact) mass is 464 g/mol. The summed E-state index contributed by atoms with van der Waals surface area (Å²) in [7, 11) is 3.45. The number of nitrogens with zero attached hydrogens (tertiary/aromatic N) is 5. The lowest BCUT2D eigenvalue weighted by Gasteiger charge is -2.25. The number of carbonyl (C=O) groups is 2. The molecule has 1 fully saturated rings. The molecule has 2 aliphatic rings. The Bertz CT molecular complexity index is 1240. The van der Waals surface area contributed by atoms with Crippen molar-refractivity contribution in [2.24, 2.45) is 0 Å². The molecule has 2 aliphatic heterocycles. The molecule has 1 N–H and O–H groups in total. The first-order valence-corrected chi connectivity index (χ1v) is 11.4. The SMILES string of the molecule is CCO[C@@H]1C[C@H]2COc3ccn4ncc(c4n3)-c3cc(cc(C(=O)N(C)C)c3)NCCN2C1=O. The van der Waals surface area contributed by atoms with Gasteiger partial charge in [0, 0.05) is 69.3 Å². The molecule has 0 unspecified atom stereocenters. The lowest BCUT2D eigenvalue weighted by atomic mass is 10.0. The minimum absolute atomic E-state index is 0.0249. The van der Waals surface area contributed by atoms with E-state index in [1.54, 1.807) is 42.0 Å². The second-order valence-electron chi connectivity index (χ2n) is 8.69. The average Bonchev–Trinajstić information content (AvgIpc) is 3.38. The number of amides is 2. The molecule has 4 bridgehead atoms. The van der Waals surface area contributed by atoms with E-state index in [1.807, 2.05) is 30.0 Å². The Hall–Kier alpha value is -3.66. The second kappa shape index (κ2) is 8.94. The molecule has 3 aromatic rings. The van der Waals surface area contributed by atoms with Crippen molar-refractivity contribution in [3.63, 3.8) is 0 Å². The maximum absolute atomic E-state index is 13.0. The van der Waals surface area contributed by atoms with Crippen LogP contribution in [0.2, 0.25) is 0 Å². The Morgan fingerprint density at radius 1 is 1.32 bits per heavy atom. The van der Waals surface area contributed by atoms with Crippen LogP contribution in [0.1, 0.15) is 23.7 Å². The predicted molar refractivity (Wildman–Crippen MR) is 126 cm³/mol. The maximum atomic E-state index is 13.0. The van der Waals surface area contributed by atoms with E-state index in [1.165, 1.54) is 0 Å². The number of fused-ring (bicyclic) bond motifs is 5. The van der Waals surface area contributed by atoms with Gasteiger partial charge in [-0.15, -0.1) is 0 Å². The van der Waals surface area contributed by atoms with Crippen molar-refractivity contribution in [2.45, 2.75) is 25.5 Å². The Morgan fingerprint density at radius 2 is 2.18 bits per heavy atom. The van der Waals surface area contributed by atoms with Gasteiger partial charge in [-0.1, -0.05) is 0 Å². The average molecular weight is 465 g/mol. The van der Waals surface area contributed by atoms with Crippen molar-refractivity contribution >= 4 is 23.1 Å². The van der Waals surface area contributed by atoms with Gasteiger partial charge in [0.15, 0.2) is 5.65 Å². The first-order chi connectivity index (χ1) is 16.4. The van der Waals surface area contributed by atoms with Gasteiger partial charge in [0.2, 0.25) is 5.88 Å². The Kier molecular flexibility index (Phi) is 5.82. The van der Waals surface area contributed by atoms with Crippen molar-refractivity contribution < 1.29 is 19.1 Å². The zero-order valence-corrected chi connectivity index (χ0v) is 19.5. The summed E-state index contributed by atoms with van der Waals surface area (Å²) < 4.78 is 13.4. The minimum Gasteiger partial charge on any atom is -0.475 e. The molecule has 2 atom stereocenters. The lowest BCUT2D eigenvalue weighted by Crippen LogP contribution is -2.41. The van der Waals surface area contributed by atoms with Gasteiger partial charge in [0.25, 0.3) is 11.8 Å². The van der Waals surface area contributed by atoms with Gasteiger partial charge < -0.3 is 24.6 Å². The smallest absolute Gasteiger partial charge is 0.253 e. The normalized spacial score (nSPS) is 20.0. The van der Waals surface area contributed by atoms with Gasteiger partial charge in [0.1, 0.15) is 12.7 Å². The van der Waals surface area contributed by atoms with Crippen LogP contribution in [-0.4, -0.2) is 88.8 Å². The van der Waals surface area contributed by atoms with Crippen molar-refractivity contribution in [3.8, 4) is 17.0 Å². The summed E-state index contributed by atoms with van der Waals surface area (Å²) in [5.41, 5.74) is 3.58. The summed E-state index contributed by atoms with van der Waals surface area (Å²) >= 11 is 0. The molecule has 2 amide bonds. The number of nitrogens with one attached hydrogen (secondary N) is 1. The predicted octanol–water partition coefficient (Wildman–Crippen LogP) is 1.91. The van der Waals surface area contributed by atoms with E-state index in [0.29, 0.717) is 49.8 Å². The van der Waals surface area contributed by atoms with E-state index >= 15 is 0 Å². The number of anilines is 1. The van der Waals surface area contributed by atoms with E-state index in [9.17, 15) is 9.59 Å². The highest BCUT2D eigenvalue weighted by molar-refractivity contribution is 5.97. The summed E-state index contributed by atoms with van der Waals surface area (Å²) in [6.07, 6.45) is 3.65. The number of hydrogen-bond acceptors (Lipinski definition) is 7. The van der Waals surface area contributed by atoms with Crippen LogP contribution in [0.3, 0.4) is 0 Å². The van der Waals surface area contributed by atoms with Crippen LogP contribution in [-0.2, 0) is 9.53 Å². The molecule has 1 aromatic carbocycles. The van der Waals surface area contributed by atoms with Crippen LogP contribution >= 0.6 is 0 Å². The van der Waals surface area contributed by atoms with Crippen LogP contribution in [0.5, 0.6) is 5.88 Å². The minimum atomic E-state index is -0.459. The third kappa shape index (κ3) is 4.05. The molecular formula is C24H28N6O4. The largest absolute Gasteiger partial charge is 0.475 e. The molecule has 2 aromatic heterocycles. The molecule has 0 saturated carbocycles. The quantitative estimate of drug-likeness (QED) is 0.632. The second-order valence-corrected chi connectivity index (χ2v) is 8.69. The number of benzene rings is 1. The van der Waals surface area contributed by atoms with Crippen molar-refractivity contribution in [1.29, 1.82) is 0 Å². The molecule has 0 aliphatic carbocycles. The topological polar surface area (TPSA) is 101 Å². The standard InChI is InChI=1S/C24H28N6O4/c1-4-33-20-12-18-14-34-21-5-7-30-22(27-21)19(13-26-30)15-9-16(23(31)28(2)3)11-17(10-15)25-6-8-29(18)24(20)32/h5,7,9-11,13,18,20,25H,4,6,8,12,14H2,1-3H3/t18-,20+/m0/s1. The van der Waals surface area contributed by atoms with E-state index in [2.05, 4.69) is 15.4 Å². The number of rotatable bonds is 3. The summed E-state index contributed by atoms with van der Waals surface area (Å²) in [4.78, 5) is 33.8. The van der Waals surface area contributed by atoms with E-state index in [0.717, 1.165) is 16.8 Å². The maximum Gasteiger partial charge on any atom is 0.253 e. The Morgan fingerprint density at radius 3 is 2.97 bits per heavy atom. The first kappa shape index (κ1) is 22.1. The molecule has 1 saturated heterocycles. The summed E-state index contributed by atoms with van der Waals surface area (Å²) in [5, 5.41) is 7.81. The fourth-order valence-electron chi connectivity index (χ4n) is 4.54. The Labute approximate surface area is 197 Å². The molecule has 4 heterocycles. The van der Waals surface area contributed by atoms with E-state index in [4.69, 9.17) is 9.47 Å². The third-order valence-electron chi connectivity index (χ3n) is 6.20. The van der Waals surface area contributed by atoms with Crippen LogP contribution in [0, 0.1) is 0 Å². The number of carbonyl (C=O) groups excluding carboxylic acids is 2. The summed E-state index contributed by atoms with van der Waals surface area (Å²) in [6.45, 7) is 3.71. The van der Waals surface area contributed by atoms with Crippen LogP contribution in [0.15, 0.2) is 36.7 Å². The zero-order chi connectivity index (χ0) is 23.8. The lowest BCUT2D eigenvalue weighted by molar-refractivity contribution is -0.137. The molecule has 178 valence electrons. The van der Waals surface area contributed by atoms with Gasteiger partial charge in [-0.05, 0) is 30.7 Å². The van der Waals surface area contributed by atoms with Crippen LogP contribution in [0.4, 0.5) is 5.69 Å². The molecule has 10 heteroatoms. The first-order valence-electron chi connectivity index (χ1n) is 11.4. The number of ether oxygens (including phenoxy) is 2. The van der Waals surface area contributed by atoms with Gasteiger partial charge in [-0.2, -0.15) is 10.1 Å². The van der Waals surface area contributed by atoms with E-state index < -0.39 is 6.10 Å². The van der Waals surface area contributed by atoms with Gasteiger partial charge in [-0.25, -0.2) is 4.52 Å². The number of hydrogen-bond donors (Lipinski definition) is 1. The molecule has 34 heavy (non-hydrogen) atoms. The highest BCUT2D eigenvalue weighted by atomic mass is 16.5. The summed E-state index contributed by atoms with van der Waals surface area (Å²) in [5.74, 6) is 0.328. The molecule has 0 spiro atoms. The van der Waals surface area contributed by atoms with Crippen LogP contribution < -0.4 is 10.1 Å². The summed E-state index contributed by atoms with van der Waals surface area (Å²) in [6, 6.07) is 7.29. The fourth-order valence-corrected chi connectivity index (χ4v) is 4.54. The Balaban J connectivity index is 1.58. The molecule has 0 radical (unpaired) electrons. The number of aromatic nitrogens is 3. The highest BCUT2D eigenvalue weighted by Gasteiger charge is 2.40. The van der Waals surface area contributed by atoms with Gasteiger partial charge >= 0.3 is 0 Å². The third-order valence-corrected chi connectivity index (χ3v) is 6.20. The van der Waals surface area contributed by atoms with Crippen LogP contribution in [0.25, 0.3) is 16.8 Å². The fraction of sp³-hybridized carbons (Fsp3) is 0.417. The molecule has 10 nitrogen and oxygen atoms in total. The highest BCUT2D eigenvalue weighted by Crippen LogP contribution is 2.30. The van der Waals surface area contributed by atoms with Crippen molar-refractivity contribution in [2.75, 3.05) is 45.7 Å². The van der Waals surface area contributed by atoms with Crippen molar-refractivity contribution in [1.82, 2.24) is 24.4 Å². The molecule has 5 rings (SSSR count).